The molecule has 0 fully saturated rings. The summed E-state index contributed by atoms with van der Waals surface area (Å²) in [4.78, 5) is 0. The third-order valence-electron chi connectivity index (χ3n) is 11.9. The van der Waals surface area contributed by atoms with Crippen molar-refractivity contribution in [2.24, 2.45) is 0 Å². The topological polar surface area (TPSA) is 33.6 Å². The highest BCUT2D eigenvalue weighted by Gasteiger charge is 2.27. The van der Waals surface area contributed by atoms with Crippen LogP contribution < -0.4 is 0 Å². The molecule has 0 N–H and O–H groups in total. The minimum absolute atomic E-state index is 0.154. The van der Waals surface area contributed by atoms with Crippen LogP contribution in [-0.2, 0) is 21.7 Å². The van der Waals surface area contributed by atoms with Crippen molar-refractivity contribution < 1.29 is 8.78 Å². The molecular formula is C53H53F2N3. The van der Waals surface area contributed by atoms with Crippen LogP contribution in [0.2, 0.25) is 0 Å². The Morgan fingerprint density at radius 3 is 0.966 bits per heavy atom. The molecule has 0 saturated heterocycles. The molecule has 0 bridgehead atoms. The maximum Gasteiger partial charge on any atom is 0.126 e. The highest BCUT2D eigenvalue weighted by molar-refractivity contribution is 6.12. The van der Waals surface area contributed by atoms with Gasteiger partial charge in [-0.2, -0.15) is 5.26 Å². The monoisotopic (exact) mass is 769 g/mol. The molecule has 294 valence electrons. The van der Waals surface area contributed by atoms with E-state index in [1.807, 2.05) is 12.1 Å². The summed E-state index contributed by atoms with van der Waals surface area (Å²) >= 11 is 0. The predicted octanol–water partition coefficient (Wildman–Crippen LogP) is 14.9. The summed E-state index contributed by atoms with van der Waals surface area (Å²) in [7, 11) is 0. The van der Waals surface area contributed by atoms with Gasteiger partial charge >= 0.3 is 0 Å². The summed E-state index contributed by atoms with van der Waals surface area (Å²) in [5.41, 5.74) is 10.6. The molecule has 8 rings (SSSR count). The Balaban J connectivity index is 1.64. The first-order chi connectivity index (χ1) is 27.0. The van der Waals surface area contributed by atoms with Gasteiger partial charge in [0.1, 0.15) is 11.6 Å². The maximum atomic E-state index is 15.6. The summed E-state index contributed by atoms with van der Waals surface area (Å²) in [5.74, 6) is -1.34. The molecule has 5 heteroatoms. The van der Waals surface area contributed by atoms with Crippen molar-refractivity contribution in [3.63, 3.8) is 0 Å². The van der Waals surface area contributed by atoms with Gasteiger partial charge in [0.25, 0.3) is 0 Å². The van der Waals surface area contributed by atoms with Crippen molar-refractivity contribution in [3.05, 3.63) is 143 Å². The third-order valence-corrected chi connectivity index (χ3v) is 11.9. The van der Waals surface area contributed by atoms with Crippen molar-refractivity contribution in [2.75, 3.05) is 0 Å². The van der Waals surface area contributed by atoms with Gasteiger partial charge < -0.3 is 9.13 Å². The maximum absolute atomic E-state index is 15.6. The molecule has 0 aliphatic carbocycles. The van der Waals surface area contributed by atoms with Crippen LogP contribution in [0.3, 0.4) is 0 Å². The fraction of sp³-hybridized carbons (Fsp3) is 0.302. The molecule has 0 amide bonds. The molecule has 8 aromatic rings. The van der Waals surface area contributed by atoms with Crippen LogP contribution in [0.4, 0.5) is 8.78 Å². The van der Waals surface area contributed by atoms with Gasteiger partial charge in [-0.05, 0) is 98.0 Å². The molecule has 0 unspecified atom stereocenters. The standard InChI is InChI=1S/C53H53F2N3/c1-50(2,3)33-13-17-39-40-18-14-34(51(4,5)6)26-44(40)57(43(39)25-33)47-21-31(30-56)22-48(49(47)32-23-37(54)29-38(55)24-32)58-45-27-35(52(7,8)9)15-19-41(45)42-20-16-36(28-46(42)58)53(10,11)12/h13-29H,1-12H3. The fourth-order valence-corrected chi connectivity index (χ4v) is 8.45. The highest BCUT2D eigenvalue weighted by atomic mass is 19.1. The average Bonchev–Trinajstić information content (AvgIpc) is 3.63. The van der Waals surface area contributed by atoms with Crippen LogP contribution in [0, 0.1) is 23.0 Å². The van der Waals surface area contributed by atoms with Crippen LogP contribution in [-0.4, -0.2) is 9.13 Å². The van der Waals surface area contributed by atoms with E-state index >= 15 is 8.78 Å². The zero-order chi connectivity index (χ0) is 41.9. The van der Waals surface area contributed by atoms with Crippen LogP contribution in [0.1, 0.15) is 111 Å². The van der Waals surface area contributed by atoms with Crippen molar-refractivity contribution in [2.45, 2.75) is 105 Å². The second-order valence-electron chi connectivity index (χ2n) is 20.3. The molecule has 0 spiro atoms. The highest BCUT2D eigenvalue weighted by Crippen LogP contribution is 2.45. The zero-order valence-corrected chi connectivity index (χ0v) is 35.9. The van der Waals surface area contributed by atoms with Crippen LogP contribution >= 0.6 is 0 Å². The van der Waals surface area contributed by atoms with E-state index in [9.17, 15) is 5.26 Å². The number of hydrogen-bond acceptors (Lipinski definition) is 1. The van der Waals surface area contributed by atoms with Gasteiger partial charge in [0.15, 0.2) is 0 Å². The number of fused-ring (bicyclic) bond motifs is 6. The van der Waals surface area contributed by atoms with E-state index in [-0.39, 0.29) is 21.7 Å². The number of nitrogens with zero attached hydrogens (tertiary/aromatic N) is 3. The molecule has 0 aliphatic heterocycles. The number of hydrogen-bond donors (Lipinski definition) is 0. The van der Waals surface area contributed by atoms with Gasteiger partial charge in [-0.1, -0.05) is 132 Å². The Morgan fingerprint density at radius 1 is 0.414 bits per heavy atom. The Kier molecular flexibility index (Phi) is 8.87. The molecule has 58 heavy (non-hydrogen) atoms. The Labute approximate surface area is 341 Å². The molecule has 0 radical (unpaired) electrons. The lowest BCUT2D eigenvalue weighted by molar-refractivity contribution is 0.584. The molecule has 6 aromatic carbocycles. The minimum atomic E-state index is -0.671. The molecule has 0 saturated carbocycles. The number of benzene rings is 6. The summed E-state index contributed by atoms with van der Waals surface area (Å²) in [5, 5.41) is 15.1. The Hall–Kier alpha value is -5.73. The minimum Gasteiger partial charge on any atom is -0.308 e. The molecule has 2 aromatic heterocycles. The number of aromatic nitrogens is 2. The first kappa shape index (κ1) is 39.1. The Bertz CT molecular complexity index is 2680. The average molecular weight is 770 g/mol. The van der Waals surface area contributed by atoms with Gasteiger partial charge in [-0.15, -0.1) is 0 Å². The van der Waals surface area contributed by atoms with Crippen molar-refractivity contribution in [3.8, 4) is 28.6 Å². The second kappa shape index (κ2) is 13.1. The van der Waals surface area contributed by atoms with E-state index in [0.717, 1.165) is 71.9 Å². The summed E-state index contributed by atoms with van der Waals surface area (Å²) < 4.78 is 35.8. The van der Waals surface area contributed by atoms with Crippen molar-refractivity contribution in [1.29, 1.82) is 5.26 Å². The first-order valence-corrected chi connectivity index (χ1v) is 20.3. The summed E-state index contributed by atoms with van der Waals surface area (Å²) in [6, 6.07) is 36.6. The predicted molar refractivity (Wildman–Crippen MR) is 240 cm³/mol. The van der Waals surface area contributed by atoms with Gasteiger partial charge in [0.2, 0.25) is 0 Å². The summed E-state index contributed by atoms with van der Waals surface area (Å²) in [6.45, 7) is 26.4. The SMILES string of the molecule is CC(C)(C)c1ccc2c3ccc(C(C)(C)C)cc3n(-c3cc(C#N)cc(-n4c5cc(C(C)(C)C)ccc5c5ccc(C(C)(C)C)cc54)c3-c3cc(F)cc(F)c3)c2c1. The zero-order valence-electron chi connectivity index (χ0n) is 35.9. The van der Waals surface area contributed by atoms with E-state index in [4.69, 9.17) is 0 Å². The first-order valence-electron chi connectivity index (χ1n) is 20.3. The van der Waals surface area contributed by atoms with Crippen molar-refractivity contribution in [1.82, 2.24) is 9.13 Å². The smallest absolute Gasteiger partial charge is 0.126 e. The fourth-order valence-electron chi connectivity index (χ4n) is 8.45. The quantitative estimate of drug-likeness (QED) is 0.176. The second-order valence-corrected chi connectivity index (χ2v) is 20.3. The number of halogens is 2. The molecule has 0 atom stereocenters. The normalized spacial score (nSPS) is 13.0. The molecular weight excluding hydrogens is 717 g/mol. The van der Waals surface area contributed by atoms with Crippen LogP contribution in [0.5, 0.6) is 0 Å². The van der Waals surface area contributed by atoms with E-state index in [1.165, 1.54) is 12.1 Å². The van der Waals surface area contributed by atoms with Crippen LogP contribution in [0.25, 0.3) is 66.1 Å². The lowest BCUT2D eigenvalue weighted by Gasteiger charge is -2.24. The van der Waals surface area contributed by atoms with E-state index < -0.39 is 11.6 Å². The van der Waals surface area contributed by atoms with E-state index in [1.54, 1.807) is 0 Å². The molecule has 0 aliphatic rings. The molecule has 2 heterocycles. The van der Waals surface area contributed by atoms with Gasteiger partial charge in [0, 0.05) is 33.2 Å². The van der Waals surface area contributed by atoms with Gasteiger partial charge in [0.05, 0.1) is 45.1 Å². The van der Waals surface area contributed by atoms with E-state index in [2.05, 4.69) is 171 Å². The molecule has 3 nitrogen and oxygen atoms in total. The van der Waals surface area contributed by atoms with Gasteiger partial charge in [-0.25, -0.2) is 8.78 Å². The van der Waals surface area contributed by atoms with Crippen LogP contribution in [0.15, 0.2) is 103 Å². The van der Waals surface area contributed by atoms with Crippen molar-refractivity contribution >= 4 is 43.6 Å². The lowest BCUT2D eigenvalue weighted by Crippen LogP contribution is -2.12. The number of nitriles is 1. The third kappa shape index (κ3) is 6.57. The number of rotatable bonds is 3. The van der Waals surface area contributed by atoms with E-state index in [0.29, 0.717) is 28.1 Å². The summed E-state index contributed by atoms with van der Waals surface area (Å²) in [6.07, 6.45) is 0. The van der Waals surface area contributed by atoms with Gasteiger partial charge in [-0.3, -0.25) is 0 Å². The lowest BCUT2D eigenvalue weighted by atomic mass is 9.86. The largest absolute Gasteiger partial charge is 0.308 e. The Morgan fingerprint density at radius 2 is 0.707 bits per heavy atom.